The van der Waals surface area contributed by atoms with Gasteiger partial charge in [-0.15, -0.1) is 0 Å². The summed E-state index contributed by atoms with van der Waals surface area (Å²) in [5.74, 6) is -0.565. The van der Waals surface area contributed by atoms with Gasteiger partial charge in [0.25, 0.3) is 0 Å². The van der Waals surface area contributed by atoms with Crippen LogP contribution in [0.5, 0.6) is 5.75 Å². The molecule has 1 atom stereocenters. The van der Waals surface area contributed by atoms with Crippen LogP contribution in [0, 0.1) is 5.92 Å². The highest BCUT2D eigenvalue weighted by atomic mass is 19.4. The van der Waals surface area contributed by atoms with Crippen LogP contribution in [-0.2, 0) is 6.18 Å². The molecule has 2 aromatic heterocycles. The van der Waals surface area contributed by atoms with E-state index in [-0.39, 0.29) is 11.9 Å². The van der Waals surface area contributed by atoms with E-state index in [2.05, 4.69) is 26.6 Å². The van der Waals surface area contributed by atoms with Crippen LogP contribution >= 0.6 is 0 Å². The summed E-state index contributed by atoms with van der Waals surface area (Å²) >= 11 is 0. The van der Waals surface area contributed by atoms with Crippen LogP contribution in [0.1, 0.15) is 25.7 Å². The topological polar surface area (TPSA) is 84.6 Å². The van der Waals surface area contributed by atoms with Gasteiger partial charge in [-0.3, -0.25) is 9.88 Å². The van der Waals surface area contributed by atoms with Crippen LogP contribution in [0.25, 0.3) is 11.4 Å². The molecule has 34 heavy (non-hydrogen) atoms. The maximum absolute atomic E-state index is 12.6. The van der Waals surface area contributed by atoms with Crippen molar-refractivity contribution in [2.24, 2.45) is 5.92 Å². The summed E-state index contributed by atoms with van der Waals surface area (Å²) in [6.07, 6.45) is 0.340. The van der Waals surface area contributed by atoms with Gasteiger partial charge in [-0.2, -0.15) is 18.2 Å². The smallest absolute Gasteiger partial charge is 0.471 e. The fourth-order valence-electron chi connectivity index (χ4n) is 3.61. The molecule has 0 unspecified atom stereocenters. The van der Waals surface area contributed by atoms with Crippen molar-refractivity contribution < 1.29 is 27.2 Å². The van der Waals surface area contributed by atoms with E-state index in [0.717, 1.165) is 18.5 Å². The molecule has 4 rings (SSSR count). The summed E-state index contributed by atoms with van der Waals surface area (Å²) in [4.78, 5) is 23.6. The zero-order valence-corrected chi connectivity index (χ0v) is 18.5. The van der Waals surface area contributed by atoms with Crippen molar-refractivity contribution in [2.45, 2.75) is 25.9 Å². The molecule has 3 heterocycles. The van der Waals surface area contributed by atoms with Crippen LogP contribution in [-0.4, -0.2) is 52.3 Å². The van der Waals surface area contributed by atoms with Crippen LogP contribution in [0.4, 0.5) is 23.7 Å². The fraction of sp³-hybridized carbons (Fsp3) is 0.391. The largest absolute Gasteiger partial charge is 0.494 e. The van der Waals surface area contributed by atoms with Gasteiger partial charge in [-0.25, -0.2) is 4.79 Å². The van der Waals surface area contributed by atoms with E-state index in [0.29, 0.717) is 43.5 Å². The molecule has 0 saturated carbocycles. The van der Waals surface area contributed by atoms with Crippen LogP contribution < -0.4 is 9.64 Å². The van der Waals surface area contributed by atoms with E-state index in [1.165, 1.54) is 0 Å². The van der Waals surface area contributed by atoms with Crippen molar-refractivity contribution in [3.8, 4) is 17.1 Å². The lowest BCUT2D eigenvalue weighted by molar-refractivity contribution is -0.159. The lowest BCUT2D eigenvalue weighted by atomic mass is 10.0. The summed E-state index contributed by atoms with van der Waals surface area (Å²) in [6, 6.07) is 10.1. The Morgan fingerprint density at radius 2 is 1.82 bits per heavy atom. The number of hydrogen-bond donors (Lipinski definition) is 0. The minimum atomic E-state index is -4.67. The monoisotopic (exact) mass is 475 g/mol. The lowest BCUT2D eigenvalue weighted by Crippen LogP contribution is -2.33. The summed E-state index contributed by atoms with van der Waals surface area (Å²) < 4.78 is 47.8. The highest BCUT2D eigenvalue weighted by Crippen LogP contribution is 2.30. The fourth-order valence-corrected chi connectivity index (χ4v) is 3.61. The van der Waals surface area contributed by atoms with E-state index >= 15 is 0 Å². The molecule has 0 N–H and O–H groups in total. The number of halogens is 3. The number of nitrogens with zero attached hydrogens (tertiary/aromatic N) is 5. The molecule has 0 aliphatic carbocycles. The van der Waals surface area contributed by atoms with Crippen molar-refractivity contribution in [3.63, 3.8) is 0 Å². The number of hydrogen-bond acceptors (Lipinski definition) is 6. The third kappa shape index (κ3) is 5.64. The van der Waals surface area contributed by atoms with Crippen molar-refractivity contribution in [1.82, 2.24) is 20.0 Å². The number of rotatable bonds is 9. The molecule has 2 amide bonds. The molecule has 1 fully saturated rings. The first-order chi connectivity index (χ1) is 16.3. The Kier molecular flexibility index (Phi) is 6.99. The Balaban J connectivity index is 1.19. The first kappa shape index (κ1) is 23.5. The van der Waals surface area contributed by atoms with E-state index in [1.807, 2.05) is 17.0 Å². The number of aromatic nitrogens is 3. The van der Waals surface area contributed by atoms with Gasteiger partial charge in [0, 0.05) is 43.3 Å². The maximum Gasteiger partial charge on any atom is 0.471 e. The predicted octanol–water partition coefficient (Wildman–Crippen LogP) is 4.89. The number of alkyl halides is 3. The first-order valence-electron chi connectivity index (χ1n) is 10.9. The molecule has 0 spiro atoms. The van der Waals surface area contributed by atoms with Gasteiger partial charge >= 0.3 is 18.1 Å². The van der Waals surface area contributed by atoms with Crippen molar-refractivity contribution in [2.75, 3.05) is 31.1 Å². The standard InChI is InChI=1S/C23H24F3N5O3/c1-16(8-12-30-13-14-31(22(30)32)18-6-10-27-11-7-18)9-15-33-19-4-2-17(3-5-19)20-28-21(34-29-20)23(24,25)26/h2-7,10-11,16H,8-9,12-15H2,1H3/t16-/m0/s1. The zero-order chi connectivity index (χ0) is 24.1. The maximum atomic E-state index is 12.6. The summed E-state index contributed by atoms with van der Waals surface area (Å²) in [6.45, 7) is 4.64. The molecule has 1 saturated heterocycles. The normalized spacial score (nSPS) is 15.1. The molecule has 8 nitrogen and oxygen atoms in total. The quantitative estimate of drug-likeness (QED) is 0.438. The summed E-state index contributed by atoms with van der Waals surface area (Å²) in [5.41, 5.74) is 1.26. The number of urea groups is 1. The Morgan fingerprint density at radius 3 is 2.50 bits per heavy atom. The Hall–Kier alpha value is -3.63. The minimum absolute atomic E-state index is 0.0127. The zero-order valence-electron chi connectivity index (χ0n) is 18.5. The van der Waals surface area contributed by atoms with E-state index in [4.69, 9.17) is 4.74 Å². The number of benzene rings is 1. The number of anilines is 1. The van der Waals surface area contributed by atoms with Crippen LogP contribution in [0.15, 0.2) is 53.3 Å². The molecule has 180 valence electrons. The molecular formula is C23H24F3N5O3. The molecule has 3 aromatic rings. The SMILES string of the molecule is C[C@H](CCOc1ccc(-c2noc(C(F)(F)F)n2)cc1)CCN1CCN(c2ccncc2)C1=O. The summed E-state index contributed by atoms with van der Waals surface area (Å²) in [5, 5.41) is 3.37. The van der Waals surface area contributed by atoms with Crippen molar-refractivity contribution in [1.29, 1.82) is 0 Å². The lowest BCUT2D eigenvalue weighted by Gasteiger charge is -2.20. The third-order valence-corrected chi connectivity index (χ3v) is 5.62. The van der Waals surface area contributed by atoms with E-state index < -0.39 is 12.1 Å². The van der Waals surface area contributed by atoms with Crippen molar-refractivity contribution >= 4 is 11.7 Å². The molecule has 1 aliphatic heterocycles. The highest BCUT2D eigenvalue weighted by Gasteiger charge is 2.38. The molecule has 0 radical (unpaired) electrons. The highest BCUT2D eigenvalue weighted by molar-refractivity contribution is 5.93. The van der Waals surface area contributed by atoms with Gasteiger partial charge in [0.1, 0.15) is 5.75 Å². The van der Waals surface area contributed by atoms with Crippen molar-refractivity contribution in [3.05, 3.63) is 54.7 Å². The van der Waals surface area contributed by atoms with Gasteiger partial charge in [0.2, 0.25) is 5.82 Å². The average molecular weight is 475 g/mol. The molecule has 1 aromatic carbocycles. The number of ether oxygens (including phenoxy) is 1. The van der Waals surface area contributed by atoms with Crippen LogP contribution in [0.3, 0.4) is 0 Å². The van der Waals surface area contributed by atoms with Gasteiger partial charge < -0.3 is 14.2 Å². The van der Waals surface area contributed by atoms with Gasteiger partial charge in [-0.1, -0.05) is 12.1 Å². The first-order valence-corrected chi connectivity index (χ1v) is 10.9. The minimum Gasteiger partial charge on any atom is -0.494 e. The van der Waals surface area contributed by atoms with Gasteiger partial charge in [0.15, 0.2) is 0 Å². The number of carbonyl (C=O) groups is 1. The van der Waals surface area contributed by atoms with E-state index in [1.54, 1.807) is 41.6 Å². The number of carbonyl (C=O) groups excluding carboxylic acids is 1. The van der Waals surface area contributed by atoms with E-state index in [9.17, 15) is 18.0 Å². The Labute approximate surface area is 194 Å². The molecule has 11 heteroatoms. The molecular weight excluding hydrogens is 451 g/mol. The van der Waals surface area contributed by atoms with Gasteiger partial charge in [0.05, 0.1) is 6.61 Å². The summed E-state index contributed by atoms with van der Waals surface area (Å²) in [7, 11) is 0. The number of amides is 2. The predicted molar refractivity (Wildman–Crippen MR) is 117 cm³/mol. The van der Waals surface area contributed by atoms with Gasteiger partial charge in [-0.05, 0) is 55.2 Å². The average Bonchev–Trinajstić information content (AvgIpc) is 3.46. The molecule has 0 bridgehead atoms. The number of pyridine rings is 1. The Bertz CT molecular complexity index is 1090. The third-order valence-electron chi connectivity index (χ3n) is 5.62. The Morgan fingerprint density at radius 1 is 1.09 bits per heavy atom. The molecule has 1 aliphatic rings. The second-order valence-corrected chi connectivity index (χ2v) is 8.10. The van der Waals surface area contributed by atoms with Crippen LogP contribution in [0.2, 0.25) is 0 Å². The second-order valence-electron chi connectivity index (χ2n) is 8.10. The second kappa shape index (κ2) is 10.1.